The van der Waals surface area contributed by atoms with Crippen molar-refractivity contribution in [3.8, 4) is 0 Å². The molecule has 1 aliphatic heterocycles. The molecule has 0 unspecified atom stereocenters. The number of rotatable bonds is 3. The SMILES string of the molecule is CC(C)(C)O.CNC=O.O=C(C1CCCCC1)N1CCN(c2ccncc2)CC1. The fraction of sp³-hybridized carbons (Fsp3) is 0.682. The van der Waals surface area contributed by atoms with E-state index in [0.29, 0.717) is 18.2 Å². The van der Waals surface area contributed by atoms with Gasteiger partial charge in [-0.2, -0.15) is 0 Å². The van der Waals surface area contributed by atoms with Crippen molar-refractivity contribution in [2.45, 2.75) is 58.5 Å². The Morgan fingerprint density at radius 2 is 1.59 bits per heavy atom. The van der Waals surface area contributed by atoms with Crippen molar-refractivity contribution in [3.63, 3.8) is 0 Å². The Bertz CT molecular complexity index is 569. The molecule has 2 aliphatic rings. The van der Waals surface area contributed by atoms with Crippen LogP contribution in [-0.2, 0) is 9.59 Å². The second-order valence-corrected chi connectivity index (χ2v) is 8.43. The number of hydrogen-bond donors (Lipinski definition) is 2. The van der Waals surface area contributed by atoms with Gasteiger partial charge < -0.3 is 20.2 Å². The molecule has 0 spiro atoms. The molecule has 0 bridgehead atoms. The first-order valence-electron chi connectivity index (χ1n) is 10.5. The largest absolute Gasteiger partial charge is 0.391 e. The summed E-state index contributed by atoms with van der Waals surface area (Å²) in [4.78, 5) is 30.0. The summed E-state index contributed by atoms with van der Waals surface area (Å²) >= 11 is 0. The van der Waals surface area contributed by atoms with Gasteiger partial charge in [0, 0.05) is 57.2 Å². The minimum atomic E-state index is -0.500. The molecular formula is C22H38N4O3. The number of anilines is 1. The summed E-state index contributed by atoms with van der Waals surface area (Å²) in [5.41, 5.74) is 0.713. The summed E-state index contributed by atoms with van der Waals surface area (Å²) in [6, 6.07) is 4.08. The van der Waals surface area contributed by atoms with E-state index in [1.165, 1.54) is 24.9 Å². The van der Waals surface area contributed by atoms with Crippen molar-refractivity contribution in [3.05, 3.63) is 24.5 Å². The van der Waals surface area contributed by atoms with Crippen molar-refractivity contribution in [2.24, 2.45) is 5.92 Å². The van der Waals surface area contributed by atoms with E-state index in [-0.39, 0.29) is 0 Å². The first-order valence-corrected chi connectivity index (χ1v) is 10.5. The number of piperazine rings is 1. The molecule has 1 aromatic heterocycles. The van der Waals surface area contributed by atoms with E-state index in [2.05, 4.69) is 20.1 Å². The third kappa shape index (κ3) is 10.8. The number of carbonyl (C=O) groups is 2. The van der Waals surface area contributed by atoms with E-state index in [1.54, 1.807) is 27.8 Å². The summed E-state index contributed by atoms with van der Waals surface area (Å²) in [7, 11) is 1.56. The maximum absolute atomic E-state index is 12.5. The normalized spacial score (nSPS) is 17.3. The molecule has 29 heavy (non-hydrogen) atoms. The van der Waals surface area contributed by atoms with Crippen LogP contribution in [0.3, 0.4) is 0 Å². The van der Waals surface area contributed by atoms with Crippen molar-refractivity contribution in [1.82, 2.24) is 15.2 Å². The zero-order valence-electron chi connectivity index (χ0n) is 18.4. The Hall–Kier alpha value is -2.15. The minimum Gasteiger partial charge on any atom is -0.391 e. The van der Waals surface area contributed by atoms with Crippen LogP contribution in [-0.4, -0.2) is 66.1 Å². The molecule has 2 fully saturated rings. The number of nitrogens with zero attached hydrogens (tertiary/aromatic N) is 3. The number of nitrogens with one attached hydrogen (secondary N) is 1. The highest BCUT2D eigenvalue weighted by Crippen LogP contribution is 2.26. The fourth-order valence-electron chi connectivity index (χ4n) is 3.35. The van der Waals surface area contributed by atoms with Crippen LogP contribution in [0.2, 0.25) is 0 Å². The van der Waals surface area contributed by atoms with E-state index in [1.807, 2.05) is 24.5 Å². The molecule has 1 saturated carbocycles. The number of hydrogen-bond acceptors (Lipinski definition) is 5. The van der Waals surface area contributed by atoms with Crippen molar-refractivity contribution in [2.75, 3.05) is 38.1 Å². The van der Waals surface area contributed by atoms with Gasteiger partial charge >= 0.3 is 0 Å². The monoisotopic (exact) mass is 406 g/mol. The Labute approximate surface area is 175 Å². The lowest BCUT2D eigenvalue weighted by atomic mass is 9.88. The molecule has 1 saturated heterocycles. The van der Waals surface area contributed by atoms with Gasteiger partial charge in [-0.15, -0.1) is 0 Å². The molecule has 7 heteroatoms. The van der Waals surface area contributed by atoms with Crippen LogP contribution in [0.1, 0.15) is 52.9 Å². The molecule has 2 N–H and O–H groups in total. The first-order chi connectivity index (χ1) is 13.8. The predicted octanol–water partition coefficient (Wildman–Crippen LogP) is 2.45. The summed E-state index contributed by atoms with van der Waals surface area (Å²) in [6.45, 7) is 8.81. The van der Waals surface area contributed by atoms with Crippen LogP contribution in [0.25, 0.3) is 0 Å². The zero-order chi connectivity index (χ0) is 21.7. The first kappa shape index (κ1) is 24.9. The highest BCUT2D eigenvalue weighted by atomic mass is 16.3. The Morgan fingerprint density at radius 1 is 1.10 bits per heavy atom. The van der Waals surface area contributed by atoms with Crippen LogP contribution in [0.15, 0.2) is 24.5 Å². The smallest absolute Gasteiger partial charge is 0.225 e. The second-order valence-electron chi connectivity index (χ2n) is 8.43. The lowest BCUT2D eigenvalue weighted by Crippen LogP contribution is -2.50. The van der Waals surface area contributed by atoms with Gasteiger partial charge in [0.2, 0.25) is 12.3 Å². The summed E-state index contributed by atoms with van der Waals surface area (Å²) in [5, 5.41) is 10.8. The van der Waals surface area contributed by atoms with E-state index in [4.69, 9.17) is 9.90 Å². The number of pyridine rings is 1. The lowest BCUT2D eigenvalue weighted by Gasteiger charge is -2.38. The molecule has 0 radical (unpaired) electrons. The topological polar surface area (TPSA) is 85.8 Å². The van der Waals surface area contributed by atoms with Crippen LogP contribution >= 0.6 is 0 Å². The Kier molecular flexibility index (Phi) is 11.3. The quantitative estimate of drug-likeness (QED) is 0.753. The molecule has 164 valence electrons. The van der Waals surface area contributed by atoms with E-state index >= 15 is 0 Å². The van der Waals surface area contributed by atoms with Crippen molar-refractivity contribution >= 4 is 18.0 Å². The lowest BCUT2D eigenvalue weighted by molar-refractivity contribution is -0.136. The van der Waals surface area contributed by atoms with Crippen molar-refractivity contribution < 1.29 is 14.7 Å². The van der Waals surface area contributed by atoms with Gasteiger partial charge in [-0.1, -0.05) is 19.3 Å². The third-order valence-electron chi connectivity index (χ3n) is 4.69. The molecule has 7 nitrogen and oxygen atoms in total. The number of aliphatic hydroxyl groups is 1. The number of carbonyl (C=O) groups excluding carboxylic acids is 2. The van der Waals surface area contributed by atoms with E-state index < -0.39 is 5.60 Å². The molecule has 1 aliphatic carbocycles. The maximum atomic E-state index is 12.5. The molecule has 1 aromatic rings. The van der Waals surface area contributed by atoms with Gasteiger partial charge in [0.1, 0.15) is 0 Å². The molecule has 2 heterocycles. The highest BCUT2D eigenvalue weighted by Gasteiger charge is 2.28. The fourth-order valence-corrected chi connectivity index (χ4v) is 3.35. The van der Waals surface area contributed by atoms with Gasteiger partial charge in [-0.25, -0.2) is 0 Å². The van der Waals surface area contributed by atoms with Crippen LogP contribution in [0, 0.1) is 5.92 Å². The van der Waals surface area contributed by atoms with Crippen LogP contribution in [0.5, 0.6) is 0 Å². The number of aromatic nitrogens is 1. The van der Waals surface area contributed by atoms with E-state index in [9.17, 15) is 4.79 Å². The minimum absolute atomic E-state index is 0.302. The zero-order valence-corrected chi connectivity index (χ0v) is 18.4. The number of amides is 2. The standard InChI is InChI=1S/C16H23N3O.C4H10O.C2H5NO/c20-16(14-4-2-1-3-5-14)19-12-10-18(11-13-19)15-6-8-17-9-7-15;1-4(2,3)5;1-3-2-4/h6-9,14H,1-5,10-13H2;5H,1-3H3;2H,1H3,(H,3,4). The molecular weight excluding hydrogens is 368 g/mol. The molecule has 0 atom stereocenters. The summed E-state index contributed by atoms with van der Waals surface area (Å²) in [6.07, 6.45) is 10.2. The van der Waals surface area contributed by atoms with Gasteiger partial charge in [0.05, 0.1) is 5.60 Å². The van der Waals surface area contributed by atoms with Crippen LogP contribution < -0.4 is 10.2 Å². The molecule has 0 aromatic carbocycles. The van der Waals surface area contributed by atoms with E-state index in [0.717, 1.165) is 39.0 Å². The second kappa shape index (κ2) is 13.1. The molecule has 3 rings (SSSR count). The summed E-state index contributed by atoms with van der Waals surface area (Å²) in [5.74, 6) is 0.704. The Balaban J connectivity index is 0.000000396. The summed E-state index contributed by atoms with van der Waals surface area (Å²) < 4.78 is 0. The average molecular weight is 407 g/mol. The van der Waals surface area contributed by atoms with Gasteiger partial charge in [-0.05, 0) is 45.7 Å². The molecule has 2 amide bonds. The van der Waals surface area contributed by atoms with Gasteiger partial charge in [0.15, 0.2) is 0 Å². The van der Waals surface area contributed by atoms with Gasteiger partial charge in [-0.3, -0.25) is 14.6 Å². The average Bonchev–Trinajstić information content (AvgIpc) is 2.73. The maximum Gasteiger partial charge on any atom is 0.225 e. The van der Waals surface area contributed by atoms with Gasteiger partial charge in [0.25, 0.3) is 0 Å². The highest BCUT2D eigenvalue weighted by molar-refractivity contribution is 5.79. The third-order valence-corrected chi connectivity index (χ3v) is 4.69. The Morgan fingerprint density at radius 3 is 2.03 bits per heavy atom. The van der Waals surface area contributed by atoms with Crippen LogP contribution in [0.4, 0.5) is 5.69 Å². The predicted molar refractivity (Wildman–Crippen MR) is 117 cm³/mol. The van der Waals surface area contributed by atoms with Crippen molar-refractivity contribution in [1.29, 1.82) is 0 Å².